The number of hydrogen-bond acceptors (Lipinski definition) is 3. The van der Waals surface area contributed by atoms with Gasteiger partial charge in [0, 0.05) is 19.5 Å². The normalized spacial score (nSPS) is 23.7. The summed E-state index contributed by atoms with van der Waals surface area (Å²) in [7, 11) is 3.73. The number of carboxylic acids is 1. The zero-order valence-corrected chi connectivity index (χ0v) is 11.3. The number of carboxylic acid groups (broad SMARTS) is 1. The van der Waals surface area contributed by atoms with Crippen LogP contribution in [-0.2, 0) is 9.59 Å². The number of amides is 1. The van der Waals surface area contributed by atoms with E-state index in [9.17, 15) is 9.59 Å². The molecule has 0 atom stereocenters. The highest BCUT2D eigenvalue weighted by molar-refractivity contribution is 5.79. The summed E-state index contributed by atoms with van der Waals surface area (Å²) < 4.78 is 0. The highest BCUT2D eigenvalue weighted by Gasteiger charge is 2.30. The maximum absolute atomic E-state index is 12.1. The monoisotopic (exact) mass is 256 g/mol. The van der Waals surface area contributed by atoms with Crippen LogP contribution in [0, 0.1) is 11.8 Å². The average Bonchev–Trinajstić information content (AvgIpc) is 2.38. The van der Waals surface area contributed by atoms with Gasteiger partial charge in [-0.1, -0.05) is 0 Å². The molecule has 0 heterocycles. The van der Waals surface area contributed by atoms with Crippen molar-refractivity contribution in [3.05, 3.63) is 0 Å². The van der Waals surface area contributed by atoms with Gasteiger partial charge in [-0.15, -0.1) is 0 Å². The molecule has 18 heavy (non-hydrogen) atoms. The summed E-state index contributed by atoms with van der Waals surface area (Å²) in [5, 5.41) is 12.0. The van der Waals surface area contributed by atoms with Crippen molar-refractivity contribution in [1.29, 1.82) is 0 Å². The number of aliphatic carboxylic acids is 1. The molecule has 1 aliphatic rings. The molecule has 5 heteroatoms. The van der Waals surface area contributed by atoms with Crippen LogP contribution < -0.4 is 5.32 Å². The molecule has 0 aromatic heterocycles. The molecule has 0 bridgehead atoms. The van der Waals surface area contributed by atoms with Crippen LogP contribution in [0.1, 0.15) is 32.1 Å². The van der Waals surface area contributed by atoms with Gasteiger partial charge in [-0.05, 0) is 45.7 Å². The van der Waals surface area contributed by atoms with Crippen molar-refractivity contribution in [1.82, 2.24) is 10.2 Å². The van der Waals surface area contributed by atoms with Crippen molar-refractivity contribution in [2.24, 2.45) is 11.8 Å². The second kappa shape index (κ2) is 7.36. The highest BCUT2D eigenvalue weighted by atomic mass is 16.4. The minimum atomic E-state index is -0.719. The lowest BCUT2D eigenvalue weighted by Crippen LogP contribution is -2.37. The first kappa shape index (κ1) is 15.0. The van der Waals surface area contributed by atoms with Gasteiger partial charge in [0.2, 0.25) is 5.91 Å². The third kappa shape index (κ3) is 4.29. The minimum absolute atomic E-state index is 0.0279. The fourth-order valence-electron chi connectivity index (χ4n) is 2.50. The largest absolute Gasteiger partial charge is 0.481 e. The standard InChI is InChI=1S/C13H24N2O3/c1-14-8-3-9-15(2)12(16)10-4-6-11(7-5-10)13(17)18/h10-11,14H,3-9H2,1-2H3,(H,17,18). The number of nitrogens with zero attached hydrogens (tertiary/aromatic N) is 1. The Morgan fingerprint density at radius 1 is 1.22 bits per heavy atom. The molecule has 2 N–H and O–H groups in total. The predicted molar refractivity (Wildman–Crippen MR) is 69.3 cm³/mol. The Labute approximate surface area is 109 Å². The molecule has 1 saturated carbocycles. The van der Waals surface area contributed by atoms with Crippen LogP contribution >= 0.6 is 0 Å². The molecule has 104 valence electrons. The van der Waals surface area contributed by atoms with E-state index in [4.69, 9.17) is 5.11 Å². The van der Waals surface area contributed by atoms with Crippen LogP contribution in [0.4, 0.5) is 0 Å². The first-order valence-electron chi connectivity index (χ1n) is 6.68. The van der Waals surface area contributed by atoms with E-state index in [1.54, 1.807) is 4.90 Å². The van der Waals surface area contributed by atoms with Crippen LogP contribution in [0.3, 0.4) is 0 Å². The zero-order chi connectivity index (χ0) is 13.5. The lowest BCUT2D eigenvalue weighted by atomic mass is 9.81. The molecule has 0 aromatic carbocycles. The fourth-order valence-corrected chi connectivity index (χ4v) is 2.50. The first-order valence-corrected chi connectivity index (χ1v) is 6.68. The number of nitrogens with one attached hydrogen (secondary N) is 1. The Balaban J connectivity index is 2.32. The summed E-state index contributed by atoms with van der Waals surface area (Å²) in [4.78, 5) is 24.7. The molecule has 0 spiro atoms. The van der Waals surface area contributed by atoms with Crippen molar-refractivity contribution in [2.45, 2.75) is 32.1 Å². The van der Waals surface area contributed by atoms with Crippen LogP contribution in [0.5, 0.6) is 0 Å². The van der Waals surface area contributed by atoms with Crippen molar-refractivity contribution in [3.8, 4) is 0 Å². The van der Waals surface area contributed by atoms with Gasteiger partial charge >= 0.3 is 5.97 Å². The van der Waals surface area contributed by atoms with E-state index >= 15 is 0 Å². The van der Waals surface area contributed by atoms with Gasteiger partial charge < -0.3 is 15.3 Å². The Morgan fingerprint density at radius 2 is 1.78 bits per heavy atom. The Morgan fingerprint density at radius 3 is 2.28 bits per heavy atom. The summed E-state index contributed by atoms with van der Waals surface area (Å²) in [6.07, 6.45) is 3.65. The first-order chi connectivity index (χ1) is 8.56. The quantitative estimate of drug-likeness (QED) is 0.694. The van der Waals surface area contributed by atoms with Crippen LogP contribution in [-0.4, -0.2) is 49.1 Å². The molecule has 1 fully saturated rings. The Bertz CT molecular complexity index is 286. The summed E-state index contributed by atoms with van der Waals surface area (Å²) in [6, 6.07) is 0. The maximum atomic E-state index is 12.1. The van der Waals surface area contributed by atoms with Gasteiger partial charge in [-0.25, -0.2) is 0 Å². The molecular weight excluding hydrogens is 232 g/mol. The van der Waals surface area contributed by atoms with Crippen LogP contribution in [0.25, 0.3) is 0 Å². The van der Waals surface area contributed by atoms with Gasteiger partial charge in [0.05, 0.1) is 5.92 Å². The number of carbonyl (C=O) groups is 2. The summed E-state index contributed by atoms with van der Waals surface area (Å²) in [5.41, 5.74) is 0. The molecule has 0 saturated heterocycles. The predicted octanol–water partition coefficient (Wildman–Crippen LogP) is 0.945. The van der Waals surface area contributed by atoms with Crippen molar-refractivity contribution < 1.29 is 14.7 Å². The van der Waals surface area contributed by atoms with Crippen molar-refractivity contribution in [2.75, 3.05) is 27.2 Å². The third-order valence-electron chi connectivity index (χ3n) is 3.72. The molecule has 1 amide bonds. The van der Waals surface area contributed by atoms with Gasteiger partial charge in [0.1, 0.15) is 0 Å². The van der Waals surface area contributed by atoms with Crippen molar-refractivity contribution in [3.63, 3.8) is 0 Å². The Hall–Kier alpha value is -1.10. The van der Waals surface area contributed by atoms with E-state index in [0.717, 1.165) is 19.5 Å². The molecule has 1 aliphatic carbocycles. The van der Waals surface area contributed by atoms with Crippen molar-refractivity contribution >= 4 is 11.9 Å². The van der Waals surface area contributed by atoms with Crippen LogP contribution in [0.15, 0.2) is 0 Å². The Kier molecular flexibility index (Phi) is 6.12. The van der Waals surface area contributed by atoms with E-state index in [2.05, 4.69) is 5.32 Å². The molecule has 0 radical (unpaired) electrons. The van der Waals surface area contributed by atoms with Gasteiger partial charge in [-0.3, -0.25) is 9.59 Å². The summed E-state index contributed by atoms with van der Waals surface area (Å²) in [6.45, 7) is 1.67. The highest BCUT2D eigenvalue weighted by Crippen LogP contribution is 2.29. The van der Waals surface area contributed by atoms with Gasteiger partial charge in [-0.2, -0.15) is 0 Å². The van der Waals surface area contributed by atoms with Crippen LogP contribution in [0.2, 0.25) is 0 Å². The smallest absolute Gasteiger partial charge is 0.306 e. The lowest BCUT2D eigenvalue weighted by molar-refractivity contribution is -0.145. The van der Waals surface area contributed by atoms with Gasteiger partial charge in [0.25, 0.3) is 0 Å². The van der Waals surface area contributed by atoms with E-state index in [0.29, 0.717) is 25.7 Å². The number of hydrogen-bond donors (Lipinski definition) is 2. The fraction of sp³-hybridized carbons (Fsp3) is 0.846. The topological polar surface area (TPSA) is 69.6 Å². The molecule has 0 unspecified atom stereocenters. The molecule has 1 rings (SSSR count). The van der Waals surface area contributed by atoms with E-state index < -0.39 is 5.97 Å². The maximum Gasteiger partial charge on any atom is 0.306 e. The second-order valence-corrected chi connectivity index (χ2v) is 5.10. The summed E-state index contributed by atoms with van der Waals surface area (Å²) in [5.74, 6) is -0.762. The second-order valence-electron chi connectivity index (χ2n) is 5.10. The average molecular weight is 256 g/mol. The SMILES string of the molecule is CNCCCN(C)C(=O)C1CCC(C(=O)O)CC1. The van der Waals surface area contributed by atoms with E-state index in [1.165, 1.54) is 0 Å². The lowest BCUT2D eigenvalue weighted by Gasteiger charge is -2.29. The molecule has 0 aliphatic heterocycles. The number of carbonyl (C=O) groups excluding carboxylic acids is 1. The number of rotatable bonds is 6. The zero-order valence-electron chi connectivity index (χ0n) is 11.3. The molecular formula is C13H24N2O3. The third-order valence-corrected chi connectivity index (χ3v) is 3.72. The van der Waals surface area contributed by atoms with Gasteiger partial charge in [0.15, 0.2) is 0 Å². The van der Waals surface area contributed by atoms with E-state index in [1.807, 2.05) is 14.1 Å². The molecule has 0 aromatic rings. The minimum Gasteiger partial charge on any atom is -0.481 e. The van der Waals surface area contributed by atoms with E-state index in [-0.39, 0.29) is 17.7 Å². The summed E-state index contributed by atoms with van der Waals surface area (Å²) >= 11 is 0. The molecule has 5 nitrogen and oxygen atoms in total.